The van der Waals surface area contributed by atoms with E-state index in [9.17, 15) is 0 Å². The summed E-state index contributed by atoms with van der Waals surface area (Å²) < 4.78 is 2.28. The molecule has 1 nitrogen and oxygen atoms in total. The SMILES string of the molecule is c1ccc(-c2c3ccccc3cn2-c2ccccc2)cc1. The minimum atomic E-state index is 1.19. The van der Waals surface area contributed by atoms with Crippen LogP contribution in [0, 0.1) is 0 Å². The number of benzene rings is 3. The van der Waals surface area contributed by atoms with Crippen molar-refractivity contribution in [2.24, 2.45) is 0 Å². The average molecular weight is 269 g/mol. The Morgan fingerprint density at radius 3 is 1.95 bits per heavy atom. The van der Waals surface area contributed by atoms with Gasteiger partial charge in [0.25, 0.3) is 0 Å². The molecule has 0 radical (unpaired) electrons. The van der Waals surface area contributed by atoms with Crippen LogP contribution in [0.5, 0.6) is 0 Å². The lowest BCUT2D eigenvalue weighted by molar-refractivity contribution is 1.09. The zero-order chi connectivity index (χ0) is 14.1. The van der Waals surface area contributed by atoms with Gasteiger partial charge in [-0.25, -0.2) is 0 Å². The van der Waals surface area contributed by atoms with Gasteiger partial charge in [-0.1, -0.05) is 72.8 Å². The first-order valence-electron chi connectivity index (χ1n) is 7.14. The Bertz CT molecular complexity index is 874. The zero-order valence-corrected chi connectivity index (χ0v) is 11.6. The zero-order valence-electron chi connectivity index (χ0n) is 11.6. The molecule has 21 heavy (non-hydrogen) atoms. The van der Waals surface area contributed by atoms with E-state index in [0.717, 1.165) is 0 Å². The van der Waals surface area contributed by atoms with Crippen LogP contribution in [-0.2, 0) is 0 Å². The van der Waals surface area contributed by atoms with Gasteiger partial charge in [0.1, 0.15) is 0 Å². The van der Waals surface area contributed by atoms with Gasteiger partial charge in [0.2, 0.25) is 0 Å². The summed E-state index contributed by atoms with van der Waals surface area (Å²) >= 11 is 0. The largest absolute Gasteiger partial charge is 0.315 e. The molecule has 100 valence electrons. The van der Waals surface area contributed by atoms with E-state index in [1.807, 2.05) is 0 Å². The Kier molecular flexibility index (Phi) is 2.82. The monoisotopic (exact) mass is 269 g/mol. The molecule has 1 aromatic heterocycles. The highest BCUT2D eigenvalue weighted by molar-refractivity contribution is 5.97. The average Bonchev–Trinajstić information content (AvgIpc) is 2.96. The summed E-state index contributed by atoms with van der Waals surface area (Å²) in [7, 11) is 0. The molecule has 3 aromatic carbocycles. The molecule has 0 spiro atoms. The first-order valence-corrected chi connectivity index (χ1v) is 7.14. The van der Waals surface area contributed by atoms with E-state index >= 15 is 0 Å². The Balaban J connectivity index is 2.07. The van der Waals surface area contributed by atoms with Gasteiger partial charge in [-0.15, -0.1) is 0 Å². The van der Waals surface area contributed by atoms with Crippen LogP contribution in [-0.4, -0.2) is 4.57 Å². The fourth-order valence-electron chi connectivity index (χ4n) is 2.84. The topological polar surface area (TPSA) is 4.93 Å². The smallest absolute Gasteiger partial charge is 0.0607 e. The minimum absolute atomic E-state index is 1.19. The maximum Gasteiger partial charge on any atom is 0.0607 e. The van der Waals surface area contributed by atoms with E-state index < -0.39 is 0 Å². The second-order valence-electron chi connectivity index (χ2n) is 5.14. The molecule has 0 saturated carbocycles. The lowest BCUT2D eigenvalue weighted by atomic mass is 10.1. The predicted molar refractivity (Wildman–Crippen MR) is 88.7 cm³/mol. The van der Waals surface area contributed by atoms with Crippen LogP contribution in [0.1, 0.15) is 0 Å². The first-order chi connectivity index (χ1) is 10.4. The van der Waals surface area contributed by atoms with Crippen LogP contribution in [0.3, 0.4) is 0 Å². The highest BCUT2D eigenvalue weighted by Gasteiger charge is 2.11. The molecule has 0 fully saturated rings. The Morgan fingerprint density at radius 1 is 0.571 bits per heavy atom. The summed E-state index contributed by atoms with van der Waals surface area (Å²) in [5.41, 5.74) is 3.67. The molecule has 0 amide bonds. The van der Waals surface area contributed by atoms with Gasteiger partial charge in [0.05, 0.1) is 5.69 Å². The quantitative estimate of drug-likeness (QED) is 0.465. The normalized spacial score (nSPS) is 10.9. The first kappa shape index (κ1) is 12.0. The van der Waals surface area contributed by atoms with Crippen molar-refractivity contribution < 1.29 is 0 Å². The van der Waals surface area contributed by atoms with Gasteiger partial charge >= 0.3 is 0 Å². The molecule has 4 rings (SSSR count). The molecule has 1 heteroatoms. The van der Waals surface area contributed by atoms with E-state index in [1.165, 1.54) is 27.7 Å². The van der Waals surface area contributed by atoms with E-state index in [1.54, 1.807) is 0 Å². The second-order valence-corrected chi connectivity index (χ2v) is 5.14. The van der Waals surface area contributed by atoms with Crippen molar-refractivity contribution in [3.05, 3.63) is 91.1 Å². The summed E-state index contributed by atoms with van der Waals surface area (Å²) in [5.74, 6) is 0. The van der Waals surface area contributed by atoms with Crippen molar-refractivity contribution in [1.82, 2.24) is 4.57 Å². The third kappa shape index (κ3) is 2.03. The van der Waals surface area contributed by atoms with Gasteiger partial charge in [-0.05, 0) is 17.7 Å². The van der Waals surface area contributed by atoms with Gasteiger partial charge in [0.15, 0.2) is 0 Å². The van der Waals surface area contributed by atoms with E-state index in [2.05, 4.69) is 95.7 Å². The minimum Gasteiger partial charge on any atom is -0.315 e. The van der Waals surface area contributed by atoms with Crippen LogP contribution in [0.25, 0.3) is 27.7 Å². The van der Waals surface area contributed by atoms with E-state index in [0.29, 0.717) is 0 Å². The fourth-order valence-corrected chi connectivity index (χ4v) is 2.84. The van der Waals surface area contributed by atoms with Crippen molar-refractivity contribution in [3.8, 4) is 16.9 Å². The Morgan fingerprint density at radius 2 is 1.19 bits per heavy atom. The standard InChI is InChI=1S/C20H15N/c1-3-9-16(10-4-1)20-19-14-8-7-11-17(19)15-21(20)18-12-5-2-6-13-18/h1-15H. The van der Waals surface area contributed by atoms with Crippen LogP contribution in [0.15, 0.2) is 91.1 Å². The van der Waals surface area contributed by atoms with E-state index in [4.69, 9.17) is 0 Å². The highest BCUT2D eigenvalue weighted by Crippen LogP contribution is 2.32. The van der Waals surface area contributed by atoms with Gasteiger partial charge < -0.3 is 4.57 Å². The number of para-hydroxylation sites is 1. The second kappa shape index (κ2) is 4.95. The predicted octanol–water partition coefficient (Wildman–Crippen LogP) is 5.30. The van der Waals surface area contributed by atoms with Gasteiger partial charge in [0, 0.05) is 22.7 Å². The molecule has 0 aliphatic rings. The van der Waals surface area contributed by atoms with Gasteiger partial charge in [-0.2, -0.15) is 0 Å². The molecule has 0 N–H and O–H groups in total. The number of fused-ring (bicyclic) bond motifs is 1. The number of aromatic nitrogens is 1. The maximum absolute atomic E-state index is 2.28. The molecular weight excluding hydrogens is 254 g/mol. The lowest BCUT2D eigenvalue weighted by Gasteiger charge is -2.10. The summed E-state index contributed by atoms with van der Waals surface area (Å²) in [6, 6.07) is 29.6. The van der Waals surface area contributed by atoms with Crippen LogP contribution < -0.4 is 0 Å². The Labute approximate surface area is 124 Å². The summed E-state index contributed by atoms with van der Waals surface area (Å²) in [6.45, 7) is 0. The number of rotatable bonds is 2. The van der Waals surface area contributed by atoms with Crippen molar-refractivity contribution in [2.45, 2.75) is 0 Å². The number of hydrogen-bond acceptors (Lipinski definition) is 0. The molecule has 0 saturated heterocycles. The molecule has 0 aliphatic heterocycles. The summed E-state index contributed by atoms with van der Waals surface area (Å²) in [4.78, 5) is 0. The molecule has 0 unspecified atom stereocenters. The maximum atomic E-state index is 2.28. The fraction of sp³-hybridized carbons (Fsp3) is 0. The molecule has 0 aliphatic carbocycles. The number of hydrogen-bond donors (Lipinski definition) is 0. The van der Waals surface area contributed by atoms with Gasteiger partial charge in [-0.3, -0.25) is 0 Å². The van der Waals surface area contributed by atoms with Crippen LogP contribution >= 0.6 is 0 Å². The summed E-state index contributed by atoms with van der Waals surface area (Å²) in [6.07, 6.45) is 2.22. The summed E-state index contributed by atoms with van der Waals surface area (Å²) in [5, 5.41) is 2.55. The number of nitrogens with zero attached hydrogens (tertiary/aromatic N) is 1. The highest BCUT2D eigenvalue weighted by atomic mass is 15.0. The van der Waals surface area contributed by atoms with Crippen LogP contribution in [0.4, 0.5) is 0 Å². The third-order valence-corrected chi connectivity index (χ3v) is 3.81. The molecule has 1 heterocycles. The van der Waals surface area contributed by atoms with Crippen molar-refractivity contribution >= 4 is 10.8 Å². The van der Waals surface area contributed by atoms with Crippen molar-refractivity contribution in [2.75, 3.05) is 0 Å². The lowest BCUT2D eigenvalue weighted by Crippen LogP contribution is -1.94. The third-order valence-electron chi connectivity index (χ3n) is 3.81. The molecular formula is C20H15N. The molecule has 0 bridgehead atoms. The molecule has 4 aromatic rings. The van der Waals surface area contributed by atoms with Crippen molar-refractivity contribution in [3.63, 3.8) is 0 Å². The van der Waals surface area contributed by atoms with E-state index in [-0.39, 0.29) is 0 Å². The molecule has 0 atom stereocenters. The van der Waals surface area contributed by atoms with Crippen molar-refractivity contribution in [1.29, 1.82) is 0 Å². The van der Waals surface area contributed by atoms with Crippen LogP contribution in [0.2, 0.25) is 0 Å². The Hall–Kier alpha value is -2.80.